The summed E-state index contributed by atoms with van der Waals surface area (Å²) in [5, 5.41) is -14.7. The van der Waals surface area contributed by atoms with Crippen LogP contribution >= 0.6 is 0 Å². The summed E-state index contributed by atoms with van der Waals surface area (Å²) in [6.07, 6.45) is -14.5. The molecule has 0 aliphatic rings. The van der Waals surface area contributed by atoms with Crippen LogP contribution in [0, 0.1) is 4.58 Å². The molecule has 0 aromatic heterocycles. The highest BCUT2D eigenvalue weighted by Gasteiger charge is 2.80. The average molecular weight is 505 g/mol. The fourth-order valence-electron chi connectivity index (χ4n) is 1.75. The van der Waals surface area contributed by atoms with E-state index in [4.69, 9.17) is 0 Å². The van der Waals surface area contributed by atoms with Gasteiger partial charge in [-0.2, -0.15) is 70.4 Å². The van der Waals surface area contributed by atoms with Gasteiger partial charge in [-0.25, -0.2) is 16.8 Å². The van der Waals surface area contributed by atoms with Crippen molar-refractivity contribution in [2.24, 2.45) is 0 Å². The molecular weight excluding hydrogens is 500 g/mol. The molecule has 4 nitrogen and oxygen atoms in total. The monoisotopic (exact) mass is 505 g/mol. The highest BCUT2D eigenvalue weighted by Crippen LogP contribution is 2.55. The van der Waals surface area contributed by atoms with Crippen LogP contribution in [-0.2, 0) is 19.7 Å². The van der Waals surface area contributed by atoms with Crippen LogP contribution in [0.25, 0.3) is 0 Å². The minimum atomic E-state index is -8.05. The van der Waals surface area contributed by atoms with Gasteiger partial charge in [0.25, 0.3) is 0 Å². The quantitative estimate of drug-likeness (QED) is 0.427. The van der Waals surface area contributed by atoms with Crippen LogP contribution in [0.1, 0.15) is 5.56 Å². The largest absolute Gasteiger partial charge is 0.468 e. The Morgan fingerprint density at radius 1 is 0.567 bits per heavy atom. The Hall–Kier alpha value is -1.85. The van der Waals surface area contributed by atoms with Crippen molar-refractivity contribution in [1.29, 1.82) is 0 Å². The molecule has 1 rings (SSSR count). The van der Waals surface area contributed by atoms with Crippen LogP contribution in [-0.4, -0.2) is 45.6 Å². The Labute approximate surface area is 159 Å². The molecule has 0 atom stereocenters. The predicted octanol–water partition coefficient (Wildman–Crippen LogP) is 4.30. The number of alkyl halides is 12. The highest BCUT2D eigenvalue weighted by atomic mass is 32.3. The van der Waals surface area contributed by atoms with Crippen molar-refractivity contribution in [2.45, 2.75) is 28.8 Å². The van der Waals surface area contributed by atoms with Gasteiger partial charge in [0.15, 0.2) is 0 Å². The molecule has 0 aliphatic carbocycles. The van der Waals surface area contributed by atoms with Gasteiger partial charge >= 0.3 is 28.8 Å². The molecule has 1 aromatic carbocycles. The van der Waals surface area contributed by atoms with Crippen molar-refractivity contribution in [3.05, 3.63) is 40.5 Å². The standard InChI is InChI=1S/C12H5F12O4S2/c13-8(14,9(15,16)17)11(21,22)29(25,26)7(6-4-2-1-3-5-6)30(27,28)12(23,24)10(18,19)20/h1-5H/q-1. The fourth-order valence-corrected chi connectivity index (χ4v) is 5.65. The van der Waals surface area contributed by atoms with Crippen LogP contribution in [0.3, 0.4) is 0 Å². The molecule has 0 amide bonds. The van der Waals surface area contributed by atoms with Crippen molar-refractivity contribution in [3.63, 3.8) is 0 Å². The summed E-state index contributed by atoms with van der Waals surface area (Å²) in [6.45, 7) is 0. The lowest BCUT2D eigenvalue weighted by Crippen LogP contribution is -2.59. The maximum absolute atomic E-state index is 13.8. The summed E-state index contributed by atoms with van der Waals surface area (Å²) < 4.78 is 198. The molecule has 18 heteroatoms. The molecule has 174 valence electrons. The first kappa shape index (κ1) is 26.2. The molecule has 0 aliphatic heterocycles. The van der Waals surface area contributed by atoms with E-state index in [0.717, 1.165) is 6.07 Å². The van der Waals surface area contributed by atoms with E-state index in [9.17, 15) is 69.5 Å². The third kappa shape index (κ3) is 3.67. The molecule has 0 radical (unpaired) electrons. The Morgan fingerprint density at radius 3 is 1.27 bits per heavy atom. The first-order valence-corrected chi connectivity index (χ1v) is 9.63. The van der Waals surface area contributed by atoms with Gasteiger partial charge in [-0.15, -0.1) is 12.1 Å². The zero-order chi connectivity index (χ0) is 24.2. The number of halogens is 12. The van der Waals surface area contributed by atoms with E-state index >= 15 is 0 Å². The van der Waals surface area contributed by atoms with Gasteiger partial charge in [0, 0.05) is 0 Å². The zero-order valence-corrected chi connectivity index (χ0v) is 15.0. The summed E-state index contributed by atoms with van der Waals surface area (Å²) in [5.74, 6) is -7.58. The average Bonchev–Trinajstić information content (AvgIpc) is 2.52. The predicted molar refractivity (Wildman–Crippen MR) is 73.6 cm³/mol. The summed E-state index contributed by atoms with van der Waals surface area (Å²) in [5.41, 5.74) is -1.95. The van der Waals surface area contributed by atoms with E-state index in [1.807, 2.05) is 0 Å². The third-order valence-corrected chi connectivity index (χ3v) is 7.83. The molecule has 0 heterocycles. The van der Waals surface area contributed by atoms with Gasteiger partial charge in [0.2, 0.25) is 19.7 Å². The van der Waals surface area contributed by atoms with Crippen molar-refractivity contribution < 1.29 is 69.5 Å². The number of benzene rings is 1. The van der Waals surface area contributed by atoms with Gasteiger partial charge in [-0.05, 0) is 0 Å². The van der Waals surface area contributed by atoms with E-state index in [-0.39, 0.29) is 12.1 Å². The van der Waals surface area contributed by atoms with E-state index in [1.54, 1.807) is 0 Å². The van der Waals surface area contributed by atoms with Crippen LogP contribution in [0.4, 0.5) is 52.7 Å². The smallest absolute Gasteiger partial charge is 0.229 e. The van der Waals surface area contributed by atoms with E-state index in [1.165, 1.54) is 0 Å². The lowest BCUT2D eigenvalue weighted by atomic mass is 10.2. The SMILES string of the molecule is O=S(=O)([C-](c1ccccc1)S(=O)(=O)C(F)(F)C(F)(F)C(F)(F)F)C(F)(F)C(F)(F)F. The second kappa shape index (κ2) is 7.10. The van der Waals surface area contributed by atoms with Gasteiger partial charge in [-0.3, -0.25) is 0 Å². The second-order valence-corrected chi connectivity index (χ2v) is 9.38. The van der Waals surface area contributed by atoms with Gasteiger partial charge in [0.1, 0.15) is 0 Å². The number of rotatable bonds is 6. The van der Waals surface area contributed by atoms with Crippen molar-refractivity contribution in [3.8, 4) is 0 Å². The molecule has 0 spiro atoms. The molecule has 0 saturated carbocycles. The molecule has 0 N–H and O–H groups in total. The number of hydrogen-bond acceptors (Lipinski definition) is 4. The third-order valence-electron chi connectivity index (χ3n) is 3.22. The Balaban J connectivity index is 4.01. The topological polar surface area (TPSA) is 68.3 Å². The van der Waals surface area contributed by atoms with Crippen molar-refractivity contribution in [1.82, 2.24) is 0 Å². The van der Waals surface area contributed by atoms with E-state index in [2.05, 4.69) is 0 Å². The summed E-state index contributed by atoms with van der Waals surface area (Å²) in [7, 11) is -15.9. The Morgan fingerprint density at radius 2 is 0.933 bits per heavy atom. The van der Waals surface area contributed by atoms with E-state index in [0.29, 0.717) is 12.1 Å². The molecular formula is C12H5F12O4S2-. The van der Waals surface area contributed by atoms with Gasteiger partial charge in [0.05, 0.1) is 4.58 Å². The molecule has 0 fully saturated rings. The van der Waals surface area contributed by atoms with Crippen LogP contribution < -0.4 is 0 Å². The normalized spacial score (nSPS) is 15.2. The minimum Gasteiger partial charge on any atom is -0.229 e. The molecule has 0 unspecified atom stereocenters. The van der Waals surface area contributed by atoms with Gasteiger partial charge in [-0.1, -0.05) is 6.07 Å². The fraction of sp³-hybridized carbons (Fsp3) is 0.417. The second-order valence-electron chi connectivity index (χ2n) is 5.26. The molecule has 0 bridgehead atoms. The molecule has 1 aromatic rings. The lowest BCUT2D eigenvalue weighted by Gasteiger charge is -2.35. The highest BCUT2D eigenvalue weighted by molar-refractivity contribution is 8.14. The molecule has 30 heavy (non-hydrogen) atoms. The van der Waals surface area contributed by atoms with Crippen LogP contribution in [0.2, 0.25) is 0 Å². The summed E-state index contributed by atoms with van der Waals surface area (Å²) in [4.78, 5) is 0. The maximum atomic E-state index is 13.8. The van der Waals surface area contributed by atoms with Crippen LogP contribution in [0.5, 0.6) is 0 Å². The Bertz CT molecular complexity index is 978. The first-order chi connectivity index (χ1) is 13.0. The lowest BCUT2D eigenvalue weighted by molar-refractivity contribution is -0.332. The molecule has 0 saturated heterocycles. The van der Waals surface area contributed by atoms with Crippen molar-refractivity contribution in [2.75, 3.05) is 0 Å². The summed E-state index contributed by atoms with van der Waals surface area (Å²) in [6, 6.07) is 1.83. The number of sulfone groups is 2. The minimum absolute atomic E-state index is 0.0126. The van der Waals surface area contributed by atoms with E-state index < -0.39 is 58.6 Å². The zero-order valence-electron chi connectivity index (χ0n) is 13.4. The Kier molecular flexibility index (Phi) is 6.19. The van der Waals surface area contributed by atoms with Crippen molar-refractivity contribution >= 4 is 19.7 Å². The first-order valence-electron chi connectivity index (χ1n) is 6.66. The maximum Gasteiger partial charge on any atom is 0.468 e. The van der Waals surface area contributed by atoms with Gasteiger partial charge < -0.3 is 0 Å². The summed E-state index contributed by atoms with van der Waals surface area (Å²) >= 11 is 0. The van der Waals surface area contributed by atoms with Crippen LogP contribution in [0.15, 0.2) is 30.3 Å². The number of hydrogen-bond donors (Lipinski definition) is 0.